The highest BCUT2D eigenvalue weighted by atomic mass is 35.5. The van der Waals surface area contributed by atoms with Crippen LogP contribution >= 0.6 is 22.9 Å². The van der Waals surface area contributed by atoms with E-state index >= 15 is 0 Å². The number of carbonyl (C=O) groups is 3. The van der Waals surface area contributed by atoms with Gasteiger partial charge < -0.3 is 15.4 Å². The third-order valence-corrected chi connectivity index (χ3v) is 4.33. The fraction of sp³-hybridized carbons (Fsp3) is 0.235. The number of thiophene rings is 1. The van der Waals surface area contributed by atoms with Gasteiger partial charge in [0.2, 0.25) is 5.91 Å². The molecule has 2 amide bonds. The molecule has 0 fully saturated rings. The van der Waals surface area contributed by atoms with Gasteiger partial charge in [-0.3, -0.25) is 14.4 Å². The Morgan fingerprint density at radius 3 is 2.52 bits per heavy atom. The molecule has 1 heterocycles. The molecule has 1 aromatic heterocycles. The lowest BCUT2D eigenvalue weighted by molar-refractivity contribution is -0.141. The minimum absolute atomic E-state index is 0.0254. The molecule has 0 saturated heterocycles. The molecular weight excluding hydrogens is 364 g/mol. The Morgan fingerprint density at radius 2 is 1.92 bits per heavy atom. The largest absolute Gasteiger partial charge is 0.469 e. The Balaban J connectivity index is 1.97. The molecule has 2 aromatic rings. The van der Waals surface area contributed by atoms with Gasteiger partial charge in [0, 0.05) is 16.0 Å². The summed E-state index contributed by atoms with van der Waals surface area (Å²) in [4.78, 5) is 35.6. The topological polar surface area (TPSA) is 84.5 Å². The third-order valence-electron chi connectivity index (χ3n) is 3.40. The number of amides is 2. The van der Waals surface area contributed by atoms with Crippen molar-refractivity contribution in [2.24, 2.45) is 0 Å². The molecule has 0 aliphatic rings. The van der Waals surface area contributed by atoms with Gasteiger partial charge in [0.1, 0.15) is 0 Å². The highest BCUT2D eigenvalue weighted by molar-refractivity contribution is 7.08. The summed E-state index contributed by atoms with van der Waals surface area (Å²) in [7, 11) is 1.28. The predicted molar refractivity (Wildman–Crippen MR) is 95.6 cm³/mol. The molecule has 6 nitrogen and oxygen atoms in total. The number of nitrogens with one attached hydrogen (secondary N) is 2. The maximum atomic E-state index is 12.1. The van der Waals surface area contributed by atoms with Gasteiger partial charge in [-0.05, 0) is 29.1 Å². The van der Waals surface area contributed by atoms with Crippen molar-refractivity contribution >= 4 is 40.7 Å². The molecule has 1 unspecified atom stereocenters. The Labute approximate surface area is 154 Å². The van der Waals surface area contributed by atoms with Crippen molar-refractivity contribution in [2.75, 3.05) is 13.7 Å². The maximum Gasteiger partial charge on any atom is 0.307 e. The minimum atomic E-state index is -0.574. The van der Waals surface area contributed by atoms with E-state index in [2.05, 4.69) is 15.4 Å². The summed E-state index contributed by atoms with van der Waals surface area (Å²) in [5, 5.41) is 9.29. The molecule has 2 rings (SSSR count). The zero-order valence-electron chi connectivity index (χ0n) is 13.5. The van der Waals surface area contributed by atoms with Crippen LogP contribution in [0.25, 0.3) is 0 Å². The number of halogens is 1. The quantitative estimate of drug-likeness (QED) is 0.723. The Hall–Kier alpha value is -2.38. The Bertz CT molecular complexity index is 732. The highest BCUT2D eigenvalue weighted by Crippen LogP contribution is 2.20. The molecule has 25 heavy (non-hydrogen) atoms. The normalized spacial score (nSPS) is 11.4. The lowest BCUT2D eigenvalue weighted by atomic mass is 10.0. The van der Waals surface area contributed by atoms with Crippen LogP contribution in [-0.2, 0) is 14.3 Å². The number of ether oxygens (including phenoxy) is 1. The molecule has 1 aromatic carbocycles. The van der Waals surface area contributed by atoms with E-state index in [9.17, 15) is 14.4 Å². The molecule has 132 valence electrons. The smallest absolute Gasteiger partial charge is 0.307 e. The lowest BCUT2D eigenvalue weighted by Crippen LogP contribution is -2.39. The van der Waals surface area contributed by atoms with E-state index in [1.807, 2.05) is 0 Å². The van der Waals surface area contributed by atoms with Crippen molar-refractivity contribution in [3.8, 4) is 0 Å². The summed E-state index contributed by atoms with van der Waals surface area (Å²) in [6.45, 7) is -0.195. The summed E-state index contributed by atoms with van der Waals surface area (Å²) in [5.74, 6) is -1.19. The Kier molecular flexibility index (Phi) is 6.97. The van der Waals surface area contributed by atoms with Crippen molar-refractivity contribution in [3.05, 3.63) is 57.2 Å². The average molecular weight is 381 g/mol. The van der Waals surface area contributed by atoms with Crippen molar-refractivity contribution in [1.82, 2.24) is 10.6 Å². The highest BCUT2D eigenvalue weighted by Gasteiger charge is 2.19. The molecule has 1 atom stereocenters. The Morgan fingerprint density at radius 1 is 1.20 bits per heavy atom. The number of hydrogen-bond acceptors (Lipinski definition) is 5. The first-order valence-electron chi connectivity index (χ1n) is 7.41. The van der Waals surface area contributed by atoms with Gasteiger partial charge in [-0.25, -0.2) is 0 Å². The van der Waals surface area contributed by atoms with Gasteiger partial charge in [0.25, 0.3) is 5.91 Å². The van der Waals surface area contributed by atoms with Gasteiger partial charge in [-0.1, -0.05) is 23.7 Å². The van der Waals surface area contributed by atoms with E-state index in [1.54, 1.807) is 41.1 Å². The summed E-state index contributed by atoms with van der Waals surface area (Å²) in [6.07, 6.45) is -0.0254. The van der Waals surface area contributed by atoms with E-state index in [4.69, 9.17) is 11.6 Å². The second-order valence-electron chi connectivity index (χ2n) is 5.15. The fourth-order valence-corrected chi connectivity index (χ4v) is 2.86. The van der Waals surface area contributed by atoms with Crippen molar-refractivity contribution in [2.45, 2.75) is 12.5 Å². The van der Waals surface area contributed by atoms with Gasteiger partial charge in [0.05, 0.1) is 26.1 Å². The standard InChI is InChI=1S/C17H17ClN2O4S/c1-24-16(22)8-14(11-2-4-13(18)5-3-11)20-15(21)9-19-17(23)12-6-7-25-10-12/h2-7,10,14H,8-9H2,1H3,(H,19,23)(H,20,21). The summed E-state index contributed by atoms with van der Waals surface area (Å²) in [6, 6.07) is 7.89. The van der Waals surface area contributed by atoms with E-state index < -0.39 is 17.9 Å². The first kappa shape index (κ1) is 19.0. The minimum Gasteiger partial charge on any atom is -0.469 e. The van der Waals surface area contributed by atoms with Crippen LogP contribution in [-0.4, -0.2) is 31.4 Å². The van der Waals surface area contributed by atoms with E-state index in [-0.39, 0.29) is 18.9 Å². The molecule has 2 N–H and O–H groups in total. The second-order valence-corrected chi connectivity index (χ2v) is 6.36. The predicted octanol–water partition coefficient (Wildman–Crippen LogP) is 2.55. The van der Waals surface area contributed by atoms with Crippen molar-refractivity contribution < 1.29 is 19.1 Å². The number of benzene rings is 1. The van der Waals surface area contributed by atoms with Crippen LogP contribution in [0, 0.1) is 0 Å². The first-order chi connectivity index (χ1) is 12.0. The van der Waals surface area contributed by atoms with E-state index in [0.29, 0.717) is 16.1 Å². The van der Waals surface area contributed by atoms with Crippen molar-refractivity contribution in [1.29, 1.82) is 0 Å². The molecule has 8 heteroatoms. The molecule has 0 radical (unpaired) electrons. The number of carbonyl (C=O) groups excluding carboxylic acids is 3. The van der Waals surface area contributed by atoms with E-state index in [0.717, 1.165) is 0 Å². The molecule has 0 saturated carbocycles. The molecule has 0 aliphatic carbocycles. The van der Waals surface area contributed by atoms with Crippen LogP contribution in [0.1, 0.15) is 28.4 Å². The first-order valence-corrected chi connectivity index (χ1v) is 8.73. The van der Waals surface area contributed by atoms with Crippen LogP contribution in [0.2, 0.25) is 5.02 Å². The summed E-state index contributed by atoms with van der Waals surface area (Å²) >= 11 is 7.26. The van der Waals surface area contributed by atoms with Crippen LogP contribution in [0.5, 0.6) is 0 Å². The van der Waals surface area contributed by atoms with Crippen LogP contribution in [0.3, 0.4) is 0 Å². The van der Waals surface area contributed by atoms with E-state index in [1.165, 1.54) is 18.4 Å². The SMILES string of the molecule is COC(=O)CC(NC(=O)CNC(=O)c1ccsc1)c1ccc(Cl)cc1. The van der Waals surface area contributed by atoms with Gasteiger partial charge >= 0.3 is 5.97 Å². The number of rotatable bonds is 7. The van der Waals surface area contributed by atoms with Crippen LogP contribution in [0.4, 0.5) is 0 Å². The van der Waals surface area contributed by atoms with Gasteiger partial charge in [-0.15, -0.1) is 0 Å². The second kappa shape index (κ2) is 9.19. The molecule has 0 spiro atoms. The summed E-state index contributed by atoms with van der Waals surface area (Å²) < 4.78 is 4.67. The zero-order chi connectivity index (χ0) is 18.2. The maximum absolute atomic E-state index is 12.1. The fourth-order valence-electron chi connectivity index (χ4n) is 2.10. The average Bonchev–Trinajstić information content (AvgIpc) is 3.14. The number of esters is 1. The third kappa shape index (κ3) is 5.88. The number of hydrogen-bond donors (Lipinski definition) is 2. The van der Waals surface area contributed by atoms with Gasteiger partial charge in [-0.2, -0.15) is 11.3 Å². The lowest BCUT2D eigenvalue weighted by Gasteiger charge is -2.18. The molecule has 0 bridgehead atoms. The van der Waals surface area contributed by atoms with Crippen molar-refractivity contribution in [3.63, 3.8) is 0 Å². The molecular formula is C17H17ClN2O4S. The van der Waals surface area contributed by atoms with Crippen LogP contribution in [0.15, 0.2) is 41.1 Å². The number of methoxy groups -OCH3 is 1. The van der Waals surface area contributed by atoms with Crippen LogP contribution < -0.4 is 10.6 Å². The molecule has 0 aliphatic heterocycles. The summed E-state index contributed by atoms with van der Waals surface area (Å²) in [5.41, 5.74) is 1.22. The monoisotopic (exact) mass is 380 g/mol. The zero-order valence-corrected chi connectivity index (χ0v) is 15.0. The van der Waals surface area contributed by atoms with Gasteiger partial charge in [0.15, 0.2) is 0 Å².